The molecule has 118 valence electrons. The van der Waals surface area contributed by atoms with Crippen LogP contribution in [0, 0.1) is 0 Å². The molecular formula is C17H30N4. The van der Waals surface area contributed by atoms with Crippen LogP contribution in [-0.4, -0.2) is 53.5 Å². The van der Waals surface area contributed by atoms with Crippen molar-refractivity contribution in [3.8, 4) is 0 Å². The lowest BCUT2D eigenvalue weighted by Crippen LogP contribution is -2.48. The largest absolute Gasteiger partial charge is 0.326 e. The Hall–Kier alpha value is -0.970. The van der Waals surface area contributed by atoms with Gasteiger partial charge in [0.25, 0.3) is 0 Å². The van der Waals surface area contributed by atoms with Crippen molar-refractivity contribution in [3.05, 3.63) is 30.1 Å². The van der Waals surface area contributed by atoms with E-state index in [9.17, 15) is 0 Å². The lowest BCUT2D eigenvalue weighted by Gasteiger charge is -2.40. The van der Waals surface area contributed by atoms with Crippen LogP contribution in [-0.2, 0) is 0 Å². The molecule has 4 heteroatoms. The summed E-state index contributed by atoms with van der Waals surface area (Å²) in [6, 6.07) is 5.21. The predicted molar refractivity (Wildman–Crippen MR) is 88.1 cm³/mol. The van der Waals surface area contributed by atoms with Crippen molar-refractivity contribution >= 4 is 0 Å². The molecule has 0 aliphatic carbocycles. The van der Waals surface area contributed by atoms with Gasteiger partial charge in [-0.25, -0.2) is 0 Å². The molecule has 2 N–H and O–H groups in total. The SMILES string of the molecule is CCC(N)C(c1cccnc1)N1CCCN(C)CC1CC. The molecule has 2 heterocycles. The number of hydrogen-bond donors (Lipinski definition) is 1. The lowest BCUT2D eigenvalue weighted by atomic mass is 9.95. The summed E-state index contributed by atoms with van der Waals surface area (Å²) >= 11 is 0. The first-order valence-corrected chi connectivity index (χ1v) is 8.27. The van der Waals surface area contributed by atoms with Gasteiger partial charge in [0.05, 0.1) is 6.04 Å². The van der Waals surface area contributed by atoms with Crippen LogP contribution in [0.5, 0.6) is 0 Å². The molecule has 0 saturated carbocycles. The van der Waals surface area contributed by atoms with Gasteiger partial charge in [-0.1, -0.05) is 19.9 Å². The summed E-state index contributed by atoms with van der Waals surface area (Å²) in [6.45, 7) is 7.89. The summed E-state index contributed by atoms with van der Waals surface area (Å²) in [5.41, 5.74) is 7.76. The molecule has 0 spiro atoms. The van der Waals surface area contributed by atoms with E-state index >= 15 is 0 Å². The highest BCUT2D eigenvalue weighted by Gasteiger charge is 2.32. The minimum atomic E-state index is 0.159. The van der Waals surface area contributed by atoms with Gasteiger partial charge in [-0.05, 0) is 44.5 Å². The normalized spacial score (nSPS) is 24.5. The molecule has 21 heavy (non-hydrogen) atoms. The highest BCUT2D eigenvalue weighted by Crippen LogP contribution is 2.29. The van der Waals surface area contributed by atoms with E-state index in [1.807, 2.05) is 18.5 Å². The summed E-state index contributed by atoms with van der Waals surface area (Å²) < 4.78 is 0. The van der Waals surface area contributed by atoms with Gasteiger partial charge in [-0.3, -0.25) is 9.88 Å². The zero-order chi connectivity index (χ0) is 15.2. The fraction of sp³-hybridized carbons (Fsp3) is 0.706. The van der Waals surface area contributed by atoms with Crippen LogP contribution in [0.2, 0.25) is 0 Å². The average Bonchev–Trinajstić information content (AvgIpc) is 2.70. The molecule has 0 aromatic carbocycles. The van der Waals surface area contributed by atoms with Crippen molar-refractivity contribution in [3.63, 3.8) is 0 Å². The molecule has 0 amide bonds. The number of pyridine rings is 1. The van der Waals surface area contributed by atoms with Gasteiger partial charge in [0.2, 0.25) is 0 Å². The molecule has 1 aliphatic rings. The Bertz CT molecular complexity index is 409. The fourth-order valence-corrected chi connectivity index (χ4v) is 3.45. The third kappa shape index (κ3) is 4.02. The van der Waals surface area contributed by atoms with Crippen LogP contribution >= 0.6 is 0 Å². The second kappa shape index (κ2) is 7.87. The third-order valence-electron chi connectivity index (χ3n) is 4.68. The zero-order valence-corrected chi connectivity index (χ0v) is 13.7. The Morgan fingerprint density at radius 3 is 2.81 bits per heavy atom. The molecule has 1 fully saturated rings. The van der Waals surface area contributed by atoms with Crippen molar-refractivity contribution < 1.29 is 0 Å². The van der Waals surface area contributed by atoms with Gasteiger partial charge in [-0.2, -0.15) is 0 Å². The van der Waals surface area contributed by atoms with E-state index in [1.54, 1.807) is 0 Å². The predicted octanol–water partition coefficient (Wildman–Crippen LogP) is 2.28. The maximum Gasteiger partial charge on any atom is 0.0517 e. The van der Waals surface area contributed by atoms with E-state index in [0.717, 1.165) is 25.9 Å². The molecule has 0 bridgehead atoms. The monoisotopic (exact) mass is 290 g/mol. The topological polar surface area (TPSA) is 45.4 Å². The first-order valence-electron chi connectivity index (χ1n) is 8.27. The number of rotatable bonds is 5. The van der Waals surface area contributed by atoms with E-state index < -0.39 is 0 Å². The van der Waals surface area contributed by atoms with Crippen molar-refractivity contribution in [2.75, 3.05) is 26.7 Å². The number of likely N-dealkylation sites (N-methyl/N-ethyl adjacent to an activating group) is 1. The minimum absolute atomic E-state index is 0.159. The van der Waals surface area contributed by atoms with Crippen molar-refractivity contribution in [1.29, 1.82) is 0 Å². The summed E-state index contributed by atoms with van der Waals surface area (Å²) in [5.74, 6) is 0. The highest BCUT2D eigenvalue weighted by atomic mass is 15.3. The van der Waals surface area contributed by atoms with E-state index in [-0.39, 0.29) is 12.1 Å². The number of nitrogens with zero attached hydrogens (tertiary/aromatic N) is 3. The number of aromatic nitrogens is 1. The van der Waals surface area contributed by atoms with Gasteiger partial charge in [-0.15, -0.1) is 0 Å². The zero-order valence-electron chi connectivity index (χ0n) is 13.7. The standard InChI is InChI=1S/C17H30N4/c1-4-15-13-20(3)10-7-11-21(15)17(16(18)5-2)14-8-6-9-19-12-14/h6,8-9,12,15-17H,4-5,7,10-11,13,18H2,1-3H3. The summed E-state index contributed by atoms with van der Waals surface area (Å²) in [7, 11) is 2.23. The van der Waals surface area contributed by atoms with E-state index in [1.165, 1.54) is 18.5 Å². The van der Waals surface area contributed by atoms with Crippen molar-refractivity contribution in [2.24, 2.45) is 5.73 Å². The Morgan fingerprint density at radius 2 is 2.19 bits per heavy atom. The van der Waals surface area contributed by atoms with Gasteiger partial charge in [0.1, 0.15) is 0 Å². The highest BCUT2D eigenvalue weighted by molar-refractivity contribution is 5.17. The Balaban J connectivity index is 2.30. The number of hydrogen-bond acceptors (Lipinski definition) is 4. The fourth-order valence-electron chi connectivity index (χ4n) is 3.45. The second-order valence-electron chi connectivity index (χ2n) is 6.22. The molecule has 3 unspecified atom stereocenters. The minimum Gasteiger partial charge on any atom is -0.326 e. The maximum atomic E-state index is 6.50. The lowest BCUT2D eigenvalue weighted by molar-refractivity contribution is 0.108. The Morgan fingerprint density at radius 1 is 1.38 bits per heavy atom. The smallest absolute Gasteiger partial charge is 0.0517 e. The first-order chi connectivity index (χ1) is 10.2. The molecule has 1 aromatic heterocycles. The van der Waals surface area contributed by atoms with Gasteiger partial charge in [0.15, 0.2) is 0 Å². The first kappa shape index (κ1) is 16.4. The summed E-state index contributed by atoms with van der Waals surface area (Å²) in [6.07, 6.45) is 7.19. The molecule has 4 nitrogen and oxygen atoms in total. The van der Waals surface area contributed by atoms with Gasteiger partial charge >= 0.3 is 0 Å². The summed E-state index contributed by atoms with van der Waals surface area (Å²) in [5, 5.41) is 0. The Kier molecular flexibility index (Phi) is 6.15. The van der Waals surface area contributed by atoms with Crippen LogP contribution < -0.4 is 5.73 Å². The van der Waals surface area contributed by atoms with Gasteiger partial charge in [0, 0.05) is 37.6 Å². The molecule has 2 rings (SSSR count). The van der Waals surface area contributed by atoms with Gasteiger partial charge < -0.3 is 10.6 Å². The van der Waals surface area contributed by atoms with E-state index in [2.05, 4.69) is 41.7 Å². The van der Waals surface area contributed by atoms with Crippen LogP contribution in [0.25, 0.3) is 0 Å². The molecule has 1 aromatic rings. The summed E-state index contributed by atoms with van der Waals surface area (Å²) in [4.78, 5) is 9.40. The van der Waals surface area contributed by atoms with Crippen LogP contribution in [0.1, 0.15) is 44.7 Å². The molecular weight excluding hydrogens is 260 g/mol. The van der Waals surface area contributed by atoms with Crippen LogP contribution in [0.4, 0.5) is 0 Å². The van der Waals surface area contributed by atoms with E-state index in [4.69, 9.17) is 5.73 Å². The van der Waals surface area contributed by atoms with Crippen LogP contribution in [0.15, 0.2) is 24.5 Å². The van der Waals surface area contributed by atoms with Crippen LogP contribution in [0.3, 0.4) is 0 Å². The molecule has 3 atom stereocenters. The van der Waals surface area contributed by atoms with Crippen molar-refractivity contribution in [2.45, 2.75) is 51.2 Å². The molecule has 1 aliphatic heterocycles. The third-order valence-corrected chi connectivity index (χ3v) is 4.68. The molecule has 0 radical (unpaired) electrons. The average molecular weight is 290 g/mol. The molecule has 1 saturated heterocycles. The maximum absolute atomic E-state index is 6.50. The quantitative estimate of drug-likeness (QED) is 0.903. The Labute approximate surface area is 129 Å². The number of nitrogens with two attached hydrogens (primary N) is 1. The second-order valence-corrected chi connectivity index (χ2v) is 6.22. The van der Waals surface area contributed by atoms with Crippen molar-refractivity contribution in [1.82, 2.24) is 14.8 Å². The van der Waals surface area contributed by atoms with E-state index in [0.29, 0.717) is 6.04 Å².